The van der Waals surface area contributed by atoms with Crippen molar-refractivity contribution in [1.29, 1.82) is 0 Å². The molecule has 2 aliphatic heterocycles. The van der Waals surface area contributed by atoms with Crippen molar-refractivity contribution in [3.8, 4) is 0 Å². The summed E-state index contributed by atoms with van der Waals surface area (Å²) in [6, 6.07) is -0.835. The fourth-order valence-corrected chi connectivity index (χ4v) is 9.43. The lowest BCUT2D eigenvalue weighted by molar-refractivity contribution is -0.359. The first kappa shape index (κ1) is 71.0. The highest BCUT2D eigenvalue weighted by Gasteiger charge is 2.51. The Morgan fingerprint density at radius 2 is 0.885 bits per heavy atom. The first-order valence-electron chi connectivity index (χ1n) is 30.5. The zero-order valence-electron chi connectivity index (χ0n) is 48.1. The van der Waals surface area contributed by atoms with Gasteiger partial charge >= 0.3 is 0 Å². The van der Waals surface area contributed by atoms with Crippen LogP contribution in [0.15, 0.2) is 97.2 Å². The summed E-state index contributed by atoms with van der Waals surface area (Å²) in [5, 5.41) is 87.0. The summed E-state index contributed by atoms with van der Waals surface area (Å²) in [4.78, 5) is 13.2. The molecule has 2 aliphatic rings. The van der Waals surface area contributed by atoms with Crippen molar-refractivity contribution >= 4 is 5.91 Å². The Hall–Kier alpha value is -3.09. The average molecular weight is 1100 g/mol. The Balaban J connectivity index is 1.62. The van der Waals surface area contributed by atoms with Crippen molar-refractivity contribution in [2.75, 3.05) is 19.8 Å². The molecule has 14 nitrogen and oxygen atoms in total. The van der Waals surface area contributed by atoms with Gasteiger partial charge in [-0.15, -0.1) is 0 Å². The third-order valence-corrected chi connectivity index (χ3v) is 14.3. The molecule has 1 amide bonds. The Labute approximate surface area is 471 Å². The van der Waals surface area contributed by atoms with E-state index in [1.54, 1.807) is 0 Å². The van der Waals surface area contributed by atoms with Gasteiger partial charge in [0.15, 0.2) is 12.6 Å². The Morgan fingerprint density at radius 3 is 1.36 bits per heavy atom. The fraction of sp³-hybridized carbons (Fsp3) is 0.734. The number of rotatable bonds is 47. The van der Waals surface area contributed by atoms with Crippen LogP contribution < -0.4 is 5.32 Å². The smallest absolute Gasteiger partial charge is 0.220 e. The van der Waals surface area contributed by atoms with Crippen LogP contribution >= 0.6 is 0 Å². The molecule has 448 valence electrons. The van der Waals surface area contributed by atoms with Gasteiger partial charge in [0.05, 0.1) is 32.0 Å². The van der Waals surface area contributed by atoms with Gasteiger partial charge in [-0.2, -0.15) is 0 Å². The van der Waals surface area contributed by atoms with E-state index in [0.29, 0.717) is 19.3 Å². The summed E-state index contributed by atoms with van der Waals surface area (Å²) >= 11 is 0. The van der Waals surface area contributed by atoms with Crippen molar-refractivity contribution < 1.29 is 64.6 Å². The zero-order valence-corrected chi connectivity index (χ0v) is 48.1. The van der Waals surface area contributed by atoms with Gasteiger partial charge in [-0.05, 0) is 77.0 Å². The van der Waals surface area contributed by atoms with E-state index in [-0.39, 0.29) is 12.5 Å². The van der Waals surface area contributed by atoms with E-state index in [2.05, 4.69) is 116 Å². The summed E-state index contributed by atoms with van der Waals surface area (Å²) in [6.45, 7) is 2.69. The first-order valence-corrected chi connectivity index (χ1v) is 30.5. The van der Waals surface area contributed by atoms with Crippen LogP contribution in [-0.4, -0.2) is 140 Å². The standard InChI is InChI=1S/C64H109NO13/c1-3-5-7-9-11-13-14-15-16-17-18-19-20-21-22-23-24-25-26-27-28-29-30-31-32-33-34-35-36-37-38-40-42-44-46-48-56(69)65-52(53(68)47-45-43-41-39-12-10-8-6-4-2)51-75-63-61(74)59(72)62(55(50-67)77-63)78-64-60(73)58(71)57(70)54(49-66)76-64/h5,7,11,13,15-16,18-19,21-22,24-25,27-28,30-31,52-55,57-64,66-68,70-74H,3-4,6,8-10,12,14,17,20,23,26,29,32-51H2,1-2H3,(H,65,69)/b7-5-,13-11-,16-15-,19-18-,22-21-,25-24-,28-27-,31-30-. The molecule has 0 aromatic rings. The van der Waals surface area contributed by atoms with Gasteiger partial charge in [-0.25, -0.2) is 0 Å². The molecule has 12 unspecified atom stereocenters. The first-order chi connectivity index (χ1) is 38.1. The minimum absolute atomic E-state index is 0.218. The maximum Gasteiger partial charge on any atom is 0.220 e. The molecule has 0 spiro atoms. The number of amides is 1. The van der Waals surface area contributed by atoms with Gasteiger partial charge in [0, 0.05) is 6.42 Å². The van der Waals surface area contributed by atoms with Crippen LogP contribution in [0.3, 0.4) is 0 Å². The SMILES string of the molecule is CC/C=C\C/C=C\C/C=C\C/C=C\C/C=C\C/C=C\C/C=C\C/C=C\CCCCCCCCCCCCC(=O)NC(COC1OC(CO)C(OC2OC(CO)C(O)C(O)C2O)C(O)C1O)C(O)CCCCCCCCCCC. The van der Waals surface area contributed by atoms with Crippen molar-refractivity contribution in [2.24, 2.45) is 0 Å². The summed E-state index contributed by atoms with van der Waals surface area (Å²) in [7, 11) is 0. The van der Waals surface area contributed by atoms with E-state index >= 15 is 0 Å². The number of aliphatic hydroxyl groups excluding tert-OH is 8. The third kappa shape index (κ3) is 33.6. The number of unbranched alkanes of at least 4 members (excludes halogenated alkanes) is 18. The maximum atomic E-state index is 13.2. The molecule has 2 heterocycles. The van der Waals surface area contributed by atoms with E-state index in [9.17, 15) is 45.6 Å². The van der Waals surface area contributed by atoms with Gasteiger partial charge < -0.3 is 65.1 Å². The summed E-state index contributed by atoms with van der Waals surface area (Å²) in [6.07, 6.45) is 50.1. The lowest BCUT2D eigenvalue weighted by Crippen LogP contribution is -2.65. The number of allylic oxidation sites excluding steroid dienone is 16. The molecule has 0 saturated carbocycles. The molecule has 0 radical (unpaired) electrons. The van der Waals surface area contributed by atoms with Crippen LogP contribution in [0.25, 0.3) is 0 Å². The van der Waals surface area contributed by atoms with Crippen molar-refractivity contribution in [3.63, 3.8) is 0 Å². The molecule has 12 atom stereocenters. The highest BCUT2D eigenvalue weighted by molar-refractivity contribution is 5.76. The van der Waals surface area contributed by atoms with E-state index < -0.39 is 86.8 Å². The molecule has 9 N–H and O–H groups in total. The largest absolute Gasteiger partial charge is 0.394 e. The highest BCUT2D eigenvalue weighted by Crippen LogP contribution is 2.30. The number of hydrogen-bond donors (Lipinski definition) is 9. The number of aliphatic hydroxyl groups is 8. The third-order valence-electron chi connectivity index (χ3n) is 14.3. The second-order valence-corrected chi connectivity index (χ2v) is 21.1. The predicted molar refractivity (Wildman–Crippen MR) is 313 cm³/mol. The number of hydrogen-bond acceptors (Lipinski definition) is 13. The summed E-state index contributed by atoms with van der Waals surface area (Å²) in [5.74, 6) is -0.218. The Kier molecular flexibility index (Phi) is 44.3. The lowest BCUT2D eigenvalue weighted by Gasteiger charge is -2.46. The second kappa shape index (κ2) is 48.6. The topological polar surface area (TPSA) is 228 Å². The molecule has 14 heteroatoms. The van der Waals surface area contributed by atoms with Crippen LogP contribution in [-0.2, 0) is 23.7 Å². The number of nitrogens with one attached hydrogen (secondary N) is 1. The van der Waals surface area contributed by atoms with E-state index in [4.69, 9.17) is 18.9 Å². The number of carbonyl (C=O) groups is 1. The molecule has 2 saturated heterocycles. The van der Waals surface area contributed by atoms with Gasteiger partial charge in [0.1, 0.15) is 48.8 Å². The maximum absolute atomic E-state index is 13.2. The van der Waals surface area contributed by atoms with Gasteiger partial charge in [-0.1, -0.05) is 220 Å². The minimum Gasteiger partial charge on any atom is -0.394 e. The van der Waals surface area contributed by atoms with E-state index in [1.165, 1.54) is 70.6 Å². The average Bonchev–Trinajstić information content (AvgIpc) is 3.44. The minimum atomic E-state index is -1.79. The predicted octanol–water partition coefficient (Wildman–Crippen LogP) is 10.7. The molecule has 0 aromatic heterocycles. The number of ether oxygens (including phenoxy) is 4. The normalized spacial score (nSPS) is 25.3. The molecule has 78 heavy (non-hydrogen) atoms. The molecular weight excluding hydrogens is 991 g/mol. The van der Waals surface area contributed by atoms with Crippen molar-refractivity contribution in [1.82, 2.24) is 5.32 Å². The molecule has 2 fully saturated rings. The molecule has 0 bridgehead atoms. The van der Waals surface area contributed by atoms with E-state index in [1.807, 2.05) is 0 Å². The molecule has 0 aromatic carbocycles. The lowest BCUT2D eigenvalue weighted by atomic mass is 9.97. The van der Waals surface area contributed by atoms with Crippen LogP contribution in [0.4, 0.5) is 0 Å². The number of carbonyl (C=O) groups excluding carboxylic acids is 1. The molecular formula is C64H109NO13. The van der Waals surface area contributed by atoms with Gasteiger partial charge in [0.2, 0.25) is 5.91 Å². The van der Waals surface area contributed by atoms with Gasteiger partial charge in [0.25, 0.3) is 0 Å². The fourth-order valence-electron chi connectivity index (χ4n) is 9.43. The highest BCUT2D eigenvalue weighted by atomic mass is 16.7. The summed E-state index contributed by atoms with van der Waals surface area (Å²) < 4.78 is 22.8. The van der Waals surface area contributed by atoms with Crippen LogP contribution in [0.1, 0.15) is 206 Å². The molecule has 2 rings (SSSR count). The van der Waals surface area contributed by atoms with Crippen molar-refractivity contribution in [3.05, 3.63) is 97.2 Å². The van der Waals surface area contributed by atoms with E-state index in [0.717, 1.165) is 103 Å². The second-order valence-electron chi connectivity index (χ2n) is 21.1. The Morgan fingerprint density at radius 1 is 0.474 bits per heavy atom. The summed E-state index contributed by atoms with van der Waals surface area (Å²) in [5.41, 5.74) is 0. The zero-order chi connectivity index (χ0) is 56.7. The monoisotopic (exact) mass is 1100 g/mol. The van der Waals surface area contributed by atoms with Crippen LogP contribution in [0, 0.1) is 0 Å². The van der Waals surface area contributed by atoms with Gasteiger partial charge in [-0.3, -0.25) is 4.79 Å². The van der Waals surface area contributed by atoms with Crippen LogP contribution in [0.2, 0.25) is 0 Å². The van der Waals surface area contributed by atoms with Crippen LogP contribution in [0.5, 0.6) is 0 Å². The quantitative estimate of drug-likeness (QED) is 0.0204. The molecule has 0 aliphatic carbocycles. The Bertz CT molecular complexity index is 1680. The van der Waals surface area contributed by atoms with Crippen molar-refractivity contribution in [2.45, 2.75) is 280 Å².